The first-order valence-corrected chi connectivity index (χ1v) is 13.0. The fourth-order valence-corrected chi connectivity index (χ4v) is 4.43. The summed E-state index contributed by atoms with van der Waals surface area (Å²) >= 11 is 0. The maximum atomic E-state index is 13.1. The Labute approximate surface area is 226 Å². The highest BCUT2D eigenvalue weighted by molar-refractivity contribution is 5.89. The van der Waals surface area contributed by atoms with Crippen molar-refractivity contribution in [2.45, 2.75) is 65.0 Å². The van der Waals surface area contributed by atoms with Crippen LogP contribution in [-0.2, 0) is 5.41 Å². The fraction of sp³-hybridized carbons (Fsp3) is 0.345. The van der Waals surface area contributed by atoms with E-state index in [0.717, 1.165) is 12.1 Å². The van der Waals surface area contributed by atoms with Crippen molar-refractivity contribution in [3.05, 3.63) is 87.8 Å². The van der Waals surface area contributed by atoms with E-state index in [0.29, 0.717) is 40.5 Å². The van der Waals surface area contributed by atoms with Gasteiger partial charge in [-0.25, -0.2) is 19.4 Å². The summed E-state index contributed by atoms with van der Waals surface area (Å²) in [5.41, 5.74) is 3.55. The molecule has 39 heavy (non-hydrogen) atoms. The number of hydrogen-bond donors (Lipinski definition) is 3. The highest BCUT2D eigenvalue weighted by Crippen LogP contribution is 2.30. The second-order valence-corrected chi connectivity index (χ2v) is 10.9. The van der Waals surface area contributed by atoms with Crippen molar-refractivity contribution in [1.82, 2.24) is 30.0 Å². The molecule has 202 valence electrons. The van der Waals surface area contributed by atoms with Crippen LogP contribution in [0.25, 0.3) is 11.2 Å². The van der Waals surface area contributed by atoms with Gasteiger partial charge in [0.25, 0.3) is 5.56 Å². The maximum Gasteiger partial charge on any atom is 0.324 e. The van der Waals surface area contributed by atoms with Gasteiger partial charge >= 0.3 is 6.03 Å². The van der Waals surface area contributed by atoms with Gasteiger partial charge in [-0.15, -0.1) is 0 Å². The van der Waals surface area contributed by atoms with Gasteiger partial charge in [0.05, 0.1) is 11.7 Å². The predicted molar refractivity (Wildman–Crippen MR) is 151 cm³/mol. The molecule has 2 amide bonds. The third-order valence-electron chi connectivity index (χ3n) is 6.65. The molecular weight excluding hydrogens is 494 g/mol. The van der Waals surface area contributed by atoms with Crippen molar-refractivity contribution >= 4 is 23.0 Å². The molecule has 5 rings (SSSR count). The third-order valence-corrected chi connectivity index (χ3v) is 6.65. The first-order chi connectivity index (χ1) is 18.6. The molecule has 10 nitrogen and oxygen atoms in total. The average molecular weight is 528 g/mol. The number of rotatable bonds is 5. The summed E-state index contributed by atoms with van der Waals surface area (Å²) in [6, 6.07) is 3.32. The van der Waals surface area contributed by atoms with Crippen LogP contribution in [-0.4, -0.2) is 36.9 Å². The Morgan fingerprint density at radius 3 is 2.77 bits per heavy atom. The molecule has 0 radical (unpaired) electrons. The fourth-order valence-electron chi connectivity index (χ4n) is 4.43. The smallest absolute Gasteiger partial charge is 0.324 e. The lowest BCUT2D eigenvalue weighted by Gasteiger charge is -2.22. The summed E-state index contributed by atoms with van der Waals surface area (Å²) in [7, 11) is 0. The number of ether oxygens (including phenoxy) is 1. The SMILES string of the molecule is CC1=CCC(n2nc(C(C)(C)C)cc2NC(=O)NC2=CC=CC(Oc3ccnc4[nH]c(=O)c(C)nc34)C2)C=C1. The second-order valence-electron chi connectivity index (χ2n) is 10.9. The number of fused-ring (bicyclic) bond motifs is 1. The quantitative estimate of drug-likeness (QED) is 0.430. The highest BCUT2D eigenvalue weighted by Gasteiger charge is 2.24. The normalized spacial score (nSPS) is 19.0. The number of hydrogen-bond acceptors (Lipinski definition) is 6. The van der Waals surface area contributed by atoms with Crippen molar-refractivity contribution in [3.63, 3.8) is 0 Å². The van der Waals surface area contributed by atoms with E-state index in [9.17, 15) is 9.59 Å². The van der Waals surface area contributed by atoms with Gasteiger partial charge in [-0.05, 0) is 32.4 Å². The Hall–Kier alpha value is -4.47. The van der Waals surface area contributed by atoms with E-state index < -0.39 is 0 Å². The Balaban J connectivity index is 1.28. The summed E-state index contributed by atoms with van der Waals surface area (Å²) in [5, 5.41) is 10.8. The number of nitrogens with zero attached hydrogens (tertiary/aromatic N) is 4. The number of urea groups is 1. The number of H-pyrrole nitrogens is 1. The molecule has 2 atom stereocenters. The van der Waals surface area contributed by atoms with Gasteiger partial charge in [-0.1, -0.05) is 50.6 Å². The zero-order valence-electron chi connectivity index (χ0n) is 22.8. The van der Waals surface area contributed by atoms with E-state index in [2.05, 4.69) is 71.5 Å². The molecule has 3 aromatic rings. The Morgan fingerprint density at radius 2 is 2.03 bits per heavy atom. The number of amides is 2. The lowest BCUT2D eigenvalue weighted by Crippen LogP contribution is -2.32. The molecular formula is C29H33N7O3. The van der Waals surface area contributed by atoms with Crippen LogP contribution >= 0.6 is 0 Å². The lowest BCUT2D eigenvalue weighted by atomic mass is 9.92. The summed E-state index contributed by atoms with van der Waals surface area (Å²) < 4.78 is 8.07. The molecule has 0 aliphatic heterocycles. The number of aryl methyl sites for hydroxylation is 1. The number of anilines is 1. The first-order valence-electron chi connectivity index (χ1n) is 13.0. The Morgan fingerprint density at radius 1 is 1.21 bits per heavy atom. The summed E-state index contributed by atoms with van der Waals surface area (Å²) in [4.78, 5) is 36.3. The van der Waals surface area contributed by atoms with Crippen LogP contribution in [0.4, 0.5) is 10.6 Å². The van der Waals surface area contributed by atoms with Crippen molar-refractivity contribution < 1.29 is 9.53 Å². The third kappa shape index (κ3) is 5.84. The molecule has 0 spiro atoms. The summed E-state index contributed by atoms with van der Waals surface area (Å²) in [6.07, 6.45) is 14.4. The molecule has 2 aliphatic rings. The molecule has 0 aromatic carbocycles. The van der Waals surface area contributed by atoms with Gasteiger partial charge in [-0.3, -0.25) is 10.1 Å². The van der Waals surface area contributed by atoms with Gasteiger partial charge in [-0.2, -0.15) is 5.10 Å². The minimum absolute atomic E-state index is 0.0251. The van der Waals surface area contributed by atoms with Crippen LogP contribution in [0.3, 0.4) is 0 Å². The minimum Gasteiger partial charge on any atom is -0.483 e. The minimum atomic E-state index is -0.354. The van der Waals surface area contributed by atoms with Crippen LogP contribution in [0.2, 0.25) is 0 Å². The van der Waals surface area contributed by atoms with E-state index in [1.165, 1.54) is 5.57 Å². The van der Waals surface area contributed by atoms with Crippen LogP contribution < -0.4 is 20.9 Å². The number of nitrogens with one attached hydrogen (secondary N) is 3. The molecule has 0 fully saturated rings. The van der Waals surface area contributed by atoms with Gasteiger partial charge in [0.1, 0.15) is 23.1 Å². The van der Waals surface area contributed by atoms with Crippen molar-refractivity contribution in [1.29, 1.82) is 0 Å². The van der Waals surface area contributed by atoms with E-state index in [1.807, 2.05) is 29.0 Å². The zero-order valence-corrected chi connectivity index (χ0v) is 22.8. The number of carbonyl (C=O) groups excluding carboxylic acids is 1. The maximum absolute atomic E-state index is 13.1. The standard InChI is InChI=1S/C29H33N7O3/c1-17-9-11-20(12-10-17)36-24(16-23(35-36)29(3,4)5)33-28(38)32-19-7-6-8-21(15-19)39-22-13-14-30-26-25(22)31-18(2)27(37)34-26/h6-11,13-14,16,20-21H,12,15H2,1-5H3,(H,30,34,37)(H2,32,33,38). The van der Waals surface area contributed by atoms with Crippen molar-refractivity contribution in [2.24, 2.45) is 0 Å². The second kappa shape index (κ2) is 10.4. The molecule has 0 saturated carbocycles. The van der Waals surface area contributed by atoms with E-state index in [-0.39, 0.29) is 29.2 Å². The summed E-state index contributed by atoms with van der Waals surface area (Å²) in [5.74, 6) is 1.14. The lowest BCUT2D eigenvalue weighted by molar-refractivity contribution is 0.242. The van der Waals surface area contributed by atoms with Crippen molar-refractivity contribution in [3.8, 4) is 5.75 Å². The first kappa shape index (κ1) is 26.1. The number of aromatic amines is 1. The molecule has 10 heteroatoms. The summed E-state index contributed by atoms with van der Waals surface area (Å²) in [6.45, 7) is 10.0. The highest BCUT2D eigenvalue weighted by atomic mass is 16.5. The number of carbonyl (C=O) groups is 1. The Kier molecular flexibility index (Phi) is 6.94. The number of aromatic nitrogens is 5. The van der Waals surface area contributed by atoms with Crippen LogP contribution in [0, 0.1) is 6.92 Å². The van der Waals surface area contributed by atoms with Crippen molar-refractivity contribution in [2.75, 3.05) is 5.32 Å². The Bertz CT molecular complexity index is 1600. The predicted octanol–water partition coefficient (Wildman–Crippen LogP) is 4.98. The van der Waals surface area contributed by atoms with Crippen LogP contribution in [0.15, 0.2) is 70.9 Å². The largest absolute Gasteiger partial charge is 0.483 e. The molecule has 3 heterocycles. The van der Waals surface area contributed by atoms with E-state index in [4.69, 9.17) is 9.84 Å². The van der Waals surface area contributed by atoms with Crippen LogP contribution in [0.1, 0.15) is 58.0 Å². The molecule has 3 N–H and O–H groups in total. The molecule has 3 aromatic heterocycles. The zero-order chi connectivity index (χ0) is 27.7. The molecule has 0 bridgehead atoms. The van der Waals surface area contributed by atoms with E-state index >= 15 is 0 Å². The van der Waals surface area contributed by atoms with Gasteiger partial charge in [0, 0.05) is 35.9 Å². The van der Waals surface area contributed by atoms with E-state index in [1.54, 1.807) is 19.2 Å². The van der Waals surface area contributed by atoms with Gasteiger partial charge < -0.3 is 15.0 Å². The van der Waals surface area contributed by atoms with Crippen LogP contribution in [0.5, 0.6) is 5.75 Å². The monoisotopic (exact) mass is 527 g/mol. The number of allylic oxidation sites excluding steroid dienone is 6. The molecule has 0 saturated heterocycles. The molecule has 2 aliphatic carbocycles. The van der Waals surface area contributed by atoms with Gasteiger partial charge in [0.2, 0.25) is 0 Å². The number of pyridine rings is 1. The topological polar surface area (TPSA) is 127 Å². The van der Waals surface area contributed by atoms with Gasteiger partial charge in [0.15, 0.2) is 11.4 Å². The molecule has 2 unspecified atom stereocenters. The average Bonchev–Trinajstić information content (AvgIpc) is 3.30.